The van der Waals surface area contributed by atoms with Crippen LogP contribution in [-0.2, 0) is 5.41 Å². The number of aromatic nitrogens is 3. The maximum absolute atomic E-state index is 6.58. The first-order chi connectivity index (χ1) is 34.2. The van der Waals surface area contributed by atoms with Crippen molar-refractivity contribution in [3.63, 3.8) is 0 Å². The van der Waals surface area contributed by atoms with Gasteiger partial charge >= 0.3 is 0 Å². The fraction of sp³-hybridized carbons (Fsp3) is 0.0156. The van der Waals surface area contributed by atoms with Crippen LogP contribution >= 0.6 is 0 Å². The van der Waals surface area contributed by atoms with Gasteiger partial charge in [0.05, 0.1) is 5.41 Å². The molecule has 2 aliphatic rings. The second kappa shape index (κ2) is 14.4. The summed E-state index contributed by atoms with van der Waals surface area (Å²) in [5.74, 6) is 1.75. The summed E-state index contributed by atoms with van der Waals surface area (Å²) in [6.07, 6.45) is 0. The maximum Gasteiger partial charge on any atom is 0.164 e. The van der Waals surface area contributed by atoms with E-state index in [0.29, 0.717) is 17.5 Å². The van der Waals surface area contributed by atoms with Gasteiger partial charge in [-0.15, -0.1) is 0 Å². The van der Waals surface area contributed by atoms with Gasteiger partial charge in [0, 0.05) is 38.2 Å². The average molecular weight is 880 g/mol. The van der Waals surface area contributed by atoms with Crippen LogP contribution in [0, 0.1) is 0 Å². The third-order valence-electron chi connectivity index (χ3n) is 14.6. The van der Waals surface area contributed by atoms with Gasteiger partial charge in [-0.05, 0) is 121 Å². The van der Waals surface area contributed by atoms with E-state index in [0.717, 1.165) is 77.3 Å². The zero-order valence-corrected chi connectivity index (χ0v) is 37.0. The monoisotopic (exact) mass is 879 g/mol. The molecule has 0 N–H and O–H groups in total. The zero-order chi connectivity index (χ0) is 45.2. The molecule has 0 fully saturated rings. The molecule has 0 unspecified atom stereocenters. The van der Waals surface area contributed by atoms with Gasteiger partial charge < -0.3 is 8.83 Å². The predicted octanol–water partition coefficient (Wildman–Crippen LogP) is 16.3. The standard InChI is InChI=1S/C64H37N3O2/c1-2-14-38(15-3-1)61-65-62(43-30-33-57-50(37-43)47-21-7-11-26-56(47)68-57)67-63(66-61)48-22-13-27-59-60(48)51-36-42(29-32-58(51)69-59)40-17-12-16-39(34-40)41-28-31-55-49(35-41)46-20-6-10-25-54(46)64(55)52-23-8-4-18-44(52)45-19-5-9-24-53(45)64/h1-37H. The Morgan fingerprint density at radius 2 is 0.725 bits per heavy atom. The lowest BCUT2D eigenvalue weighted by Gasteiger charge is -2.30. The lowest BCUT2D eigenvalue weighted by Crippen LogP contribution is -2.25. The number of hydrogen-bond donors (Lipinski definition) is 0. The molecule has 0 saturated heterocycles. The Hall–Kier alpha value is -9.19. The minimum Gasteiger partial charge on any atom is -0.456 e. The van der Waals surface area contributed by atoms with Gasteiger partial charge in [0.1, 0.15) is 22.3 Å². The summed E-state index contributed by atoms with van der Waals surface area (Å²) in [7, 11) is 0. The molecule has 1 spiro atoms. The fourth-order valence-corrected chi connectivity index (χ4v) is 11.6. The van der Waals surface area contributed by atoms with E-state index < -0.39 is 0 Å². The molecule has 0 bridgehead atoms. The molecule has 320 valence electrons. The van der Waals surface area contributed by atoms with Crippen LogP contribution in [0.15, 0.2) is 233 Å². The molecule has 3 aromatic heterocycles. The molecule has 0 aliphatic heterocycles. The van der Waals surface area contributed by atoms with Crippen molar-refractivity contribution < 1.29 is 8.83 Å². The van der Waals surface area contributed by atoms with Crippen LogP contribution in [0.1, 0.15) is 22.3 Å². The molecule has 69 heavy (non-hydrogen) atoms. The predicted molar refractivity (Wildman–Crippen MR) is 278 cm³/mol. The normalized spacial score (nSPS) is 13.0. The van der Waals surface area contributed by atoms with Crippen molar-refractivity contribution in [3.05, 3.63) is 247 Å². The zero-order valence-electron chi connectivity index (χ0n) is 37.0. The van der Waals surface area contributed by atoms with Crippen molar-refractivity contribution in [3.8, 4) is 78.7 Å². The molecule has 5 nitrogen and oxygen atoms in total. The largest absolute Gasteiger partial charge is 0.456 e. The first-order valence-electron chi connectivity index (χ1n) is 23.4. The Balaban J connectivity index is 0.852. The molecule has 3 heterocycles. The Labute approximate surface area is 396 Å². The van der Waals surface area contributed by atoms with Gasteiger partial charge in [0.15, 0.2) is 17.5 Å². The second-order valence-electron chi connectivity index (χ2n) is 18.2. The van der Waals surface area contributed by atoms with Crippen molar-refractivity contribution in [2.24, 2.45) is 0 Å². The van der Waals surface area contributed by atoms with Gasteiger partial charge in [-0.1, -0.05) is 170 Å². The van der Waals surface area contributed by atoms with Gasteiger partial charge in [0.25, 0.3) is 0 Å². The van der Waals surface area contributed by atoms with Crippen molar-refractivity contribution in [1.82, 2.24) is 15.0 Å². The van der Waals surface area contributed by atoms with E-state index in [9.17, 15) is 0 Å². The first kappa shape index (κ1) is 38.0. The minimum atomic E-state index is -0.364. The van der Waals surface area contributed by atoms with Crippen molar-refractivity contribution in [2.75, 3.05) is 0 Å². The molecule has 15 rings (SSSR count). The summed E-state index contributed by atoms with van der Waals surface area (Å²) < 4.78 is 12.8. The van der Waals surface area contributed by atoms with Crippen LogP contribution in [-0.4, -0.2) is 15.0 Å². The van der Waals surface area contributed by atoms with Crippen LogP contribution in [0.3, 0.4) is 0 Å². The minimum absolute atomic E-state index is 0.364. The van der Waals surface area contributed by atoms with E-state index in [1.54, 1.807) is 0 Å². The van der Waals surface area contributed by atoms with E-state index in [1.807, 2.05) is 72.8 Å². The second-order valence-corrected chi connectivity index (χ2v) is 18.2. The highest BCUT2D eigenvalue weighted by molar-refractivity contribution is 6.13. The van der Waals surface area contributed by atoms with E-state index >= 15 is 0 Å². The number of benzene rings is 10. The summed E-state index contributed by atoms with van der Waals surface area (Å²) in [6, 6.07) is 79.9. The lowest BCUT2D eigenvalue weighted by molar-refractivity contribution is 0.668. The van der Waals surface area contributed by atoms with Crippen LogP contribution in [0.4, 0.5) is 0 Å². The maximum atomic E-state index is 6.58. The number of furan rings is 2. The summed E-state index contributed by atoms with van der Waals surface area (Å²) in [5.41, 5.74) is 20.7. The van der Waals surface area contributed by atoms with E-state index in [4.69, 9.17) is 23.8 Å². The molecule has 5 heteroatoms. The number of para-hydroxylation sites is 1. The number of nitrogens with zero attached hydrogens (tertiary/aromatic N) is 3. The Bertz CT molecular complexity index is 4230. The van der Waals surface area contributed by atoms with Gasteiger partial charge in [-0.2, -0.15) is 0 Å². The van der Waals surface area contributed by atoms with Crippen LogP contribution in [0.2, 0.25) is 0 Å². The Morgan fingerprint density at radius 1 is 0.261 bits per heavy atom. The third-order valence-corrected chi connectivity index (χ3v) is 14.6. The van der Waals surface area contributed by atoms with E-state index in [2.05, 4.69) is 152 Å². The first-order valence-corrected chi connectivity index (χ1v) is 23.4. The lowest BCUT2D eigenvalue weighted by atomic mass is 9.70. The van der Waals surface area contributed by atoms with Crippen molar-refractivity contribution in [2.45, 2.75) is 5.41 Å². The molecular weight excluding hydrogens is 843 g/mol. The Morgan fingerprint density at radius 3 is 1.48 bits per heavy atom. The summed E-state index contributed by atoms with van der Waals surface area (Å²) in [5, 5.41) is 4.02. The van der Waals surface area contributed by atoms with E-state index in [1.165, 1.54) is 50.1 Å². The summed E-state index contributed by atoms with van der Waals surface area (Å²) >= 11 is 0. The molecule has 10 aromatic carbocycles. The number of rotatable bonds is 5. The van der Waals surface area contributed by atoms with Crippen molar-refractivity contribution in [1.29, 1.82) is 0 Å². The fourth-order valence-electron chi connectivity index (χ4n) is 11.6. The third kappa shape index (κ3) is 5.50. The summed E-state index contributed by atoms with van der Waals surface area (Å²) in [6.45, 7) is 0. The van der Waals surface area contributed by atoms with Gasteiger partial charge in [-0.25, -0.2) is 15.0 Å². The highest BCUT2D eigenvalue weighted by Crippen LogP contribution is 2.63. The number of fused-ring (bicyclic) bond motifs is 16. The van der Waals surface area contributed by atoms with Crippen LogP contribution in [0.5, 0.6) is 0 Å². The average Bonchev–Trinajstić information content (AvgIpc) is 4.16. The highest BCUT2D eigenvalue weighted by atomic mass is 16.3. The smallest absolute Gasteiger partial charge is 0.164 e. The Kier molecular flexibility index (Phi) is 7.93. The quantitative estimate of drug-likeness (QED) is 0.172. The SMILES string of the molecule is c1ccc(-c2nc(-c3ccc4oc5ccccc5c4c3)nc(-c3cccc4oc5ccc(-c6cccc(-c7ccc8c(c7)-c7ccccc7C87c8ccccc8-c8ccccc87)c6)cc5c34)n2)cc1. The van der Waals surface area contributed by atoms with Crippen LogP contribution < -0.4 is 0 Å². The van der Waals surface area contributed by atoms with E-state index in [-0.39, 0.29) is 5.41 Å². The van der Waals surface area contributed by atoms with Crippen molar-refractivity contribution >= 4 is 43.9 Å². The molecular formula is C64H37N3O2. The molecule has 13 aromatic rings. The number of hydrogen-bond acceptors (Lipinski definition) is 5. The van der Waals surface area contributed by atoms with Gasteiger partial charge in [-0.3, -0.25) is 0 Å². The molecule has 0 atom stereocenters. The van der Waals surface area contributed by atoms with Gasteiger partial charge in [0.2, 0.25) is 0 Å². The molecule has 0 radical (unpaired) electrons. The summed E-state index contributed by atoms with van der Waals surface area (Å²) in [4.78, 5) is 15.5. The molecule has 0 amide bonds. The topological polar surface area (TPSA) is 65.0 Å². The van der Waals surface area contributed by atoms with Crippen LogP contribution in [0.25, 0.3) is 123 Å². The highest BCUT2D eigenvalue weighted by Gasteiger charge is 2.51. The molecule has 0 saturated carbocycles. The molecule has 2 aliphatic carbocycles.